The first-order valence-electron chi connectivity index (χ1n) is 9.17. The fourth-order valence-corrected chi connectivity index (χ4v) is 3.22. The molecule has 6 heteroatoms. The summed E-state index contributed by atoms with van der Waals surface area (Å²) in [5, 5.41) is 12.6. The molecular weight excluding hydrogens is 344 g/mol. The van der Waals surface area contributed by atoms with Gasteiger partial charge in [0.15, 0.2) is 6.61 Å². The van der Waals surface area contributed by atoms with Gasteiger partial charge in [0, 0.05) is 17.3 Å². The number of benzene rings is 1. The molecule has 0 unspecified atom stereocenters. The number of H-pyrrole nitrogens is 1. The molecule has 0 saturated carbocycles. The zero-order valence-electron chi connectivity index (χ0n) is 16.3. The minimum atomic E-state index is -0.684. The molecular formula is C21H28N2O4. The Morgan fingerprint density at radius 3 is 2.44 bits per heavy atom. The van der Waals surface area contributed by atoms with Crippen molar-refractivity contribution in [1.29, 1.82) is 0 Å². The van der Waals surface area contributed by atoms with E-state index in [1.807, 2.05) is 25.1 Å². The number of aromatic amines is 1. The molecule has 1 amide bonds. The summed E-state index contributed by atoms with van der Waals surface area (Å²) in [6, 6.07) is 10.0. The highest BCUT2D eigenvalue weighted by Crippen LogP contribution is 2.24. The second-order valence-corrected chi connectivity index (χ2v) is 6.91. The number of aryl methyl sites for hydroxylation is 2. The first-order chi connectivity index (χ1) is 12.8. The molecule has 146 valence electrons. The lowest BCUT2D eigenvalue weighted by Crippen LogP contribution is -2.36. The molecule has 2 atom stereocenters. The molecule has 0 bridgehead atoms. The molecule has 2 rings (SSSR count). The van der Waals surface area contributed by atoms with Crippen LogP contribution in [-0.2, 0) is 16.0 Å². The van der Waals surface area contributed by atoms with E-state index in [-0.39, 0.29) is 24.2 Å². The maximum atomic E-state index is 12.2. The smallest absolute Gasteiger partial charge is 0.355 e. The number of ether oxygens (including phenoxy) is 1. The predicted octanol–water partition coefficient (Wildman–Crippen LogP) is 2.98. The summed E-state index contributed by atoms with van der Waals surface area (Å²) in [5.74, 6) is -0.935. The van der Waals surface area contributed by atoms with Gasteiger partial charge in [0.1, 0.15) is 5.69 Å². The van der Waals surface area contributed by atoms with Crippen molar-refractivity contribution in [3.05, 3.63) is 58.4 Å². The Morgan fingerprint density at radius 2 is 1.85 bits per heavy atom. The van der Waals surface area contributed by atoms with Crippen molar-refractivity contribution in [2.75, 3.05) is 6.61 Å². The van der Waals surface area contributed by atoms with Crippen LogP contribution in [0.4, 0.5) is 0 Å². The van der Waals surface area contributed by atoms with Crippen LogP contribution in [0.15, 0.2) is 30.3 Å². The van der Waals surface area contributed by atoms with Crippen molar-refractivity contribution in [1.82, 2.24) is 10.3 Å². The molecule has 1 heterocycles. The van der Waals surface area contributed by atoms with Crippen LogP contribution in [0.5, 0.6) is 0 Å². The standard InChI is InChI=1S/C21H28N2O4/c1-13(10-11-17-8-6-5-7-9-17)22-18(25)12-27-21(26)20-14(2)19(16(4)24)15(3)23-20/h5-9,13,16,23-24H,10-12H2,1-4H3,(H,22,25)/t13-,16-/m1/s1. The maximum absolute atomic E-state index is 12.2. The van der Waals surface area contributed by atoms with E-state index in [1.54, 1.807) is 20.8 Å². The second-order valence-electron chi connectivity index (χ2n) is 6.91. The van der Waals surface area contributed by atoms with E-state index in [1.165, 1.54) is 5.56 Å². The van der Waals surface area contributed by atoms with E-state index < -0.39 is 12.1 Å². The molecule has 0 fully saturated rings. The summed E-state index contributed by atoms with van der Waals surface area (Å²) < 4.78 is 5.12. The summed E-state index contributed by atoms with van der Waals surface area (Å²) in [6.45, 7) is 6.76. The van der Waals surface area contributed by atoms with E-state index in [0.717, 1.165) is 12.8 Å². The number of esters is 1. The Labute approximate surface area is 159 Å². The number of rotatable bonds is 8. The summed E-state index contributed by atoms with van der Waals surface area (Å²) in [4.78, 5) is 27.2. The zero-order chi connectivity index (χ0) is 20.0. The summed E-state index contributed by atoms with van der Waals surface area (Å²) in [5.41, 5.74) is 3.53. The topological polar surface area (TPSA) is 91.4 Å². The van der Waals surface area contributed by atoms with Gasteiger partial charge in [-0.2, -0.15) is 0 Å². The monoisotopic (exact) mass is 372 g/mol. The van der Waals surface area contributed by atoms with E-state index in [9.17, 15) is 14.7 Å². The van der Waals surface area contributed by atoms with Crippen molar-refractivity contribution in [3.8, 4) is 0 Å². The first-order valence-corrected chi connectivity index (χ1v) is 9.17. The van der Waals surface area contributed by atoms with Crippen molar-refractivity contribution in [3.63, 3.8) is 0 Å². The fourth-order valence-electron chi connectivity index (χ4n) is 3.22. The van der Waals surface area contributed by atoms with Crippen LogP contribution < -0.4 is 5.32 Å². The van der Waals surface area contributed by atoms with E-state index in [4.69, 9.17) is 4.74 Å². The number of carbonyl (C=O) groups is 2. The van der Waals surface area contributed by atoms with Crippen LogP contribution in [0.3, 0.4) is 0 Å². The normalized spacial score (nSPS) is 13.1. The highest BCUT2D eigenvalue weighted by molar-refractivity contribution is 5.91. The van der Waals surface area contributed by atoms with Gasteiger partial charge < -0.3 is 20.1 Å². The van der Waals surface area contributed by atoms with E-state index >= 15 is 0 Å². The van der Waals surface area contributed by atoms with E-state index in [2.05, 4.69) is 22.4 Å². The van der Waals surface area contributed by atoms with Gasteiger partial charge in [0.2, 0.25) is 0 Å². The maximum Gasteiger partial charge on any atom is 0.355 e. The number of aliphatic hydroxyl groups is 1. The number of hydrogen-bond donors (Lipinski definition) is 3. The second kappa shape index (κ2) is 9.37. The highest BCUT2D eigenvalue weighted by atomic mass is 16.5. The first kappa shape index (κ1) is 20.7. The molecule has 1 aromatic carbocycles. The molecule has 0 aliphatic rings. The Bertz CT molecular complexity index is 781. The van der Waals surface area contributed by atoms with Gasteiger partial charge in [0.25, 0.3) is 5.91 Å². The molecule has 0 saturated heterocycles. The molecule has 0 radical (unpaired) electrons. The largest absolute Gasteiger partial charge is 0.451 e. The number of amides is 1. The molecule has 0 aliphatic heterocycles. The molecule has 0 aliphatic carbocycles. The minimum absolute atomic E-state index is 0.0206. The van der Waals surface area contributed by atoms with Gasteiger partial charge in [-0.15, -0.1) is 0 Å². The van der Waals surface area contributed by atoms with Gasteiger partial charge in [0.05, 0.1) is 6.10 Å². The molecule has 1 aromatic heterocycles. The fraction of sp³-hybridized carbons (Fsp3) is 0.429. The molecule has 27 heavy (non-hydrogen) atoms. The average Bonchev–Trinajstić information content (AvgIpc) is 2.93. The van der Waals surface area contributed by atoms with Gasteiger partial charge in [-0.25, -0.2) is 4.79 Å². The predicted molar refractivity (Wildman–Crippen MR) is 104 cm³/mol. The van der Waals surface area contributed by atoms with Crippen LogP contribution in [-0.4, -0.2) is 34.6 Å². The third-order valence-corrected chi connectivity index (χ3v) is 4.57. The molecule has 3 N–H and O–H groups in total. The third-order valence-electron chi connectivity index (χ3n) is 4.57. The van der Waals surface area contributed by atoms with Crippen LogP contribution in [0.2, 0.25) is 0 Å². The van der Waals surface area contributed by atoms with Crippen molar-refractivity contribution in [2.24, 2.45) is 0 Å². The van der Waals surface area contributed by atoms with Crippen LogP contribution in [0.1, 0.15) is 59.2 Å². The Hall–Kier alpha value is -2.60. The number of carbonyl (C=O) groups excluding carboxylic acids is 2. The number of aromatic nitrogens is 1. The lowest BCUT2D eigenvalue weighted by molar-refractivity contribution is -0.124. The Morgan fingerprint density at radius 1 is 1.19 bits per heavy atom. The Kier molecular flexibility index (Phi) is 7.19. The molecule has 2 aromatic rings. The van der Waals surface area contributed by atoms with E-state index in [0.29, 0.717) is 16.8 Å². The van der Waals surface area contributed by atoms with Gasteiger partial charge in [-0.1, -0.05) is 30.3 Å². The zero-order valence-corrected chi connectivity index (χ0v) is 16.3. The average molecular weight is 372 g/mol. The van der Waals surface area contributed by atoms with Gasteiger partial charge >= 0.3 is 5.97 Å². The molecule has 6 nitrogen and oxygen atoms in total. The van der Waals surface area contributed by atoms with Crippen LogP contribution in [0, 0.1) is 13.8 Å². The Balaban J connectivity index is 1.81. The SMILES string of the molecule is Cc1[nH]c(C(=O)OCC(=O)N[C@H](C)CCc2ccccc2)c(C)c1[C@@H](C)O. The van der Waals surface area contributed by atoms with Crippen LogP contribution >= 0.6 is 0 Å². The number of nitrogens with one attached hydrogen (secondary N) is 2. The third kappa shape index (κ3) is 5.69. The summed E-state index contributed by atoms with van der Waals surface area (Å²) >= 11 is 0. The van der Waals surface area contributed by atoms with Crippen molar-refractivity contribution >= 4 is 11.9 Å². The number of hydrogen-bond acceptors (Lipinski definition) is 4. The lowest BCUT2D eigenvalue weighted by Gasteiger charge is -2.14. The van der Waals surface area contributed by atoms with Crippen molar-refractivity contribution < 1.29 is 19.4 Å². The quantitative estimate of drug-likeness (QED) is 0.621. The highest BCUT2D eigenvalue weighted by Gasteiger charge is 2.21. The number of aliphatic hydroxyl groups excluding tert-OH is 1. The minimum Gasteiger partial charge on any atom is -0.451 e. The van der Waals surface area contributed by atoms with Gasteiger partial charge in [-0.3, -0.25) is 4.79 Å². The van der Waals surface area contributed by atoms with Gasteiger partial charge in [-0.05, 0) is 51.7 Å². The van der Waals surface area contributed by atoms with Crippen molar-refractivity contribution in [2.45, 2.75) is 52.7 Å². The molecule has 0 spiro atoms. The lowest BCUT2D eigenvalue weighted by atomic mass is 10.1. The summed E-state index contributed by atoms with van der Waals surface area (Å²) in [6.07, 6.45) is 0.984. The van der Waals surface area contributed by atoms with Crippen LogP contribution in [0.25, 0.3) is 0 Å². The summed E-state index contributed by atoms with van der Waals surface area (Å²) in [7, 11) is 0.